The summed E-state index contributed by atoms with van der Waals surface area (Å²) in [6, 6.07) is 10.2. The molecule has 30 heavy (non-hydrogen) atoms. The topological polar surface area (TPSA) is 40.6 Å². The second-order valence-corrected chi connectivity index (χ2v) is 8.72. The maximum atomic E-state index is 13.3. The van der Waals surface area contributed by atoms with Crippen LogP contribution in [0.5, 0.6) is 0 Å². The van der Waals surface area contributed by atoms with E-state index >= 15 is 0 Å². The Hall–Kier alpha value is -2.21. The van der Waals surface area contributed by atoms with Crippen LogP contribution in [-0.2, 0) is 22.7 Å². The third-order valence-electron chi connectivity index (χ3n) is 5.31. The van der Waals surface area contributed by atoms with Gasteiger partial charge in [-0.25, -0.2) is 4.39 Å². The Morgan fingerprint density at radius 2 is 1.77 bits per heavy atom. The van der Waals surface area contributed by atoms with Gasteiger partial charge in [0.1, 0.15) is 12.4 Å². The van der Waals surface area contributed by atoms with Crippen LogP contribution in [-0.4, -0.2) is 34.2 Å². The lowest BCUT2D eigenvalue weighted by Gasteiger charge is -2.31. The first kappa shape index (κ1) is 24.1. The minimum atomic E-state index is -0.296. The van der Waals surface area contributed by atoms with Gasteiger partial charge in [0.15, 0.2) is 0 Å². The molecule has 0 fully saturated rings. The Balaban J connectivity index is 2.14. The van der Waals surface area contributed by atoms with Gasteiger partial charge < -0.3 is 9.80 Å². The SMILES string of the molecule is CCCCCC(=O)N(CC(=O)N(Cc1ccc(F)cc1)Cc1cccs1)C(C)CC. The Morgan fingerprint density at radius 3 is 2.37 bits per heavy atom. The van der Waals surface area contributed by atoms with E-state index in [1.807, 2.05) is 31.4 Å². The van der Waals surface area contributed by atoms with E-state index in [0.29, 0.717) is 19.5 Å². The molecule has 0 saturated heterocycles. The molecule has 2 rings (SSSR count). The molecular formula is C24H33FN2O2S. The van der Waals surface area contributed by atoms with Gasteiger partial charge in [0.2, 0.25) is 11.8 Å². The summed E-state index contributed by atoms with van der Waals surface area (Å²) < 4.78 is 13.3. The van der Waals surface area contributed by atoms with Crippen LogP contribution < -0.4 is 0 Å². The first-order chi connectivity index (χ1) is 14.4. The summed E-state index contributed by atoms with van der Waals surface area (Å²) in [4.78, 5) is 30.6. The van der Waals surface area contributed by atoms with Gasteiger partial charge in [0, 0.05) is 23.9 Å². The maximum absolute atomic E-state index is 13.3. The van der Waals surface area contributed by atoms with Crippen molar-refractivity contribution in [3.8, 4) is 0 Å². The lowest BCUT2D eigenvalue weighted by molar-refractivity contribution is -0.143. The summed E-state index contributed by atoms with van der Waals surface area (Å²) in [7, 11) is 0. The van der Waals surface area contributed by atoms with Gasteiger partial charge in [-0.1, -0.05) is 44.9 Å². The van der Waals surface area contributed by atoms with Crippen molar-refractivity contribution >= 4 is 23.2 Å². The van der Waals surface area contributed by atoms with E-state index in [0.717, 1.165) is 36.1 Å². The van der Waals surface area contributed by atoms with Crippen LogP contribution in [0.3, 0.4) is 0 Å². The largest absolute Gasteiger partial charge is 0.332 e. The van der Waals surface area contributed by atoms with Crippen molar-refractivity contribution in [3.63, 3.8) is 0 Å². The monoisotopic (exact) mass is 432 g/mol. The number of hydrogen-bond acceptors (Lipinski definition) is 3. The summed E-state index contributed by atoms with van der Waals surface area (Å²) in [6.45, 7) is 7.07. The van der Waals surface area contributed by atoms with Gasteiger partial charge >= 0.3 is 0 Å². The van der Waals surface area contributed by atoms with Gasteiger partial charge in [0.05, 0.1) is 6.54 Å². The second kappa shape index (κ2) is 12.5. The van der Waals surface area contributed by atoms with Crippen LogP contribution in [0.4, 0.5) is 4.39 Å². The molecule has 0 radical (unpaired) electrons. The van der Waals surface area contributed by atoms with E-state index in [4.69, 9.17) is 0 Å². The highest BCUT2D eigenvalue weighted by atomic mass is 32.1. The molecule has 6 heteroatoms. The maximum Gasteiger partial charge on any atom is 0.242 e. The standard InChI is InChI=1S/C24H33FN2O2S/c1-4-6-7-10-23(28)27(19(3)5-2)18-24(29)26(17-22-9-8-15-30-22)16-20-11-13-21(25)14-12-20/h8-9,11-15,19H,4-7,10,16-18H2,1-3H3. The van der Waals surface area contributed by atoms with E-state index in [-0.39, 0.29) is 30.2 Å². The second-order valence-electron chi connectivity index (χ2n) is 7.69. The molecule has 0 saturated carbocycles. The van der Waals surface area contributed by atoms with Crippen molar-refractivity contribution in [1.82, 2.24) is 9.80 Å². The molecule has 0 aliphatic carbocycles. The molecule has 2 amide bonds. The van der Waals surface area contributed by atoms with Crippen LogP contribution in [0, 0.1) is 5.82 Å². The van der Waals surface area contributed by atoms with Crippen molar-refractivity contribution in [1.29, 1.82) is 0 Å². The lowest BCUT2D eigenvalue weighted by Crippen LogP contribution is -2.46. The van der Waals surface area contributed by atoms with E-state index in [1.54, 1.807) is 33.3 Å². The number of carbonyl (C=O) groups is 2. The molecule has 1 heterocycles. The molecule has 2 aromatic rings. The molecule has 164 valence electrons. The normalized spacial score (nSPS) is 11.9. The molecule has 1 aromatic carbocycles. The van der Waals surface area contributed by atoms with Crippen LogP contribution in [0.15, 0.2) is 41.8 Å². The average molecular weight is 433 g/mol. The summed E-state index contributed by atoms with van der Waals surface area (Å²) >= 11 is 1.60. The Labute approximate surface area is 183 Å². The Bertz CT molecular complexity index is 777. The molecule has 0 aliphatic rings. The molecule has 4 nitrogen and oxygen atoms in total. The zero-order valence-corrected chi connectivity index (χ0v) is 19.1. The molecule has 1 atom stereocenters. The molecule has 0 bridgehead atoms. The number of nitrogens with zero attached hydrogens (tertiary/aromatic N) is 2. The molecule has 0 spiro atoms. The smallest absolute Gasteiger partial charge is 0.242 e. The average Bonchev–Trinajstić information content (AvgIpc) is 3.25. The number of unbranched alkanes of at least 4 members (excludes halogenated alkanes) is 2. The van der Waals surface area contributed by atoms with E-state index in [1.165, 1.54) is 12.1 Å². The van der Waals surface area contributed by atoms with Crippen LogP contribution in [0.2, 0.25) is 0 Å². The van der Waals surface area contributed by atoms with Gasteiger partial charge in [-0.05, 0) is 48.9 Å². The number of halogens is 1. The van der Waals surface area contributed by atoms with Gasteiger partial charge in [-0.15, -0.1) is 11.3 Å². The van der Waals surface area contributed by atoms with Crippen LogP contribution in [0.1, 0.15) is 63.3 Å². The summed E-state index contributed by atoms with van der Waals surface area (Å²) in [5, 5.41) is 1.98. The van der Waals surface area contributed by atoms with Gasteiger partial charge in [-0.3, -0.25) is 9.59 Å². The fraction of sp³-hybridized carbons (Fsp3) is 0.500. The summed E-state index contributed by atoms with van der Waals surface area (Å²) in [6.07, 6.45) is 4.21. The van der Waals surface area contributed by atoms with Gasteiger partial charge in [0.25, 0.3) is 0 Å². The van der Waals surface area contributed by atoms with Crippen molar-refractivity contribution in [2.75, 3.05) is 6.54 Å². The van der Waals surface area contributed by atoms with Crippen molar-refractivity contribution in [2.45, 2.75) is 72.0 Å². The molecular weight excluding hydrogens is 399 g/mol. The van der Waals surface area contributed by atoms with E-state index in [2.05, 4.69) is 6.92 Å². The van der Waals surface area contributed by atoms with Crippen LogP contribution in [0.25, 0.3) is 0 Å². The minimum Gasteiger partial charge on any atom is -0.332 e. The predicted octanol–water partition coefficient (Wildman–Crippen LogP) is 5.62. The molecule has 0 N–H and O–H groups in total. The highest BCUT2D eigenvalue weighted by molar-refractivity contribution is 7.09. The van der Waals surface area contributed by atoms with Gasteiger partial charge in [-0.2, -0.15) is 0 Å². The third-order valence-corrected chi connectivity index (χ3v) is 6.17. The summed E-state index contributed by atoms with van der Waals surface area (Å²) in [5.74, 6) is -0.337. The highest BCUT2D eigenvalue weighted by Crippen LogP contribution is 2.17. The van der Waals surface area contributed by atoms with Crippen molar-refractivity contribution < 1.29 is 14.0 Å². The fourth-order valence-electron chi connectivity index (χ4n) is 3.26. The molecule has 1 aromatic heterocycles. The van der Waals surface area contributed by atoms with Crippen molar-refractivity contribution in [3.05, 3.63) is 58.0 Å². The number of benzene rings is 1. The van der Waals surface area contributed by atoms with E-state index < -0.39 is 0 Å². The Morgan fingerprint density at radius 1 is 1.03 bits per heavy atom. The number of rotatable bonds is 12. The first-order valence-corrected chi connectivity index (χ1v) is 11.7. The lowest BCUT2D eigenvalue weighted by atomic mass is 10.1. The van der Waals surface area contributed by atoms with Crippen LogP contribution >= 0.6 is 11.3 Å². The first-order valence-electron chi connectivity index (χ1n) is 10.8. The zero-order chi connectivity index (χ0) is 21.9. The highest BCUT2D eigenvalue weighted by Gasteiger charge is 2.24. The quantitative estimate of drug-likeness (QED) is 0.408. The van der Waals surface area contributed by atoms with E-state index in [9.17, 15) is 14.0 Å². The molecule has 1 unspecified atom stereocenters. The number of thiophene rings is 1. The summed E-state index contributed by atoms with van der Waals surface area (Å²) in [5.41, 5.74) is 0.866. The number of amides is 2. The molecule has 0 aliphatic heterocycles. The number of carbonyl (C=O) groups excluding carboxylic acids is 2. The zero-order valence-electron chi connectivity index (χ0n) is 18.3. The van der Waals surface area contributed by atoms with Crippen molar-refractivity contribution in [2.24, 2.45) is 0 Å². The third kappa shape index (κ3) is 7.56. The Kier molecular flexibility index (Phi) is 10.0. The number of hydrogen-bond donors (Lipinski definition) is 0. The minimum absolute atomic E-state index is 0.0116. The fourth-order valence-corrected chi connectivity index (χ4v) is 3.98. The predicted molar refractivity (Wildman–Crippen MR) is 121 cm³/mol.